The summed E-state index contributed by atoms with van der Waals surface area (Å²) in [7, 11) is 0. The molecule has 0 spiro atoms. The summed E-state index contributed by atoms with van der Waals surface area (Å²) in [6, 6.07) is 17.2. The largest absolute Gasteiger partial charge is 0.399 e. The number of hydrazone groups is 1. The van der Waals surface area contributed by atoms with Crippen molar-refractivity contribution in [1.82, 2.24) is 5.43 Å². The van der Waals surface area contributed by atoms with Gasteiger partial charge < -0.3 is 11.1 Å². The van der Waals surface area contributed by atoms with Crippen LogP contribution in [0.1, 0.15) is 12.5 Å². The number of hydrogen-bond acceptors (Lipinski definition) is 3. The molecule has 2 aromatic carbocycles. The molecule has 2 aromatic rings. The van der Waals surface area contributed by atoms with Crippen LogP contribution in [0.3, 0.4) is 0 Å². The molecule has 0 radical (unpaired) electrons. The summed E-state index contributed by atoms with van der Waals surface area (Å²) in [6.45, 7) is 1.90. The Hall–Kier alpha value is -2.40. The third-order valence-electron chi connectivity index (χ3n) is 2.66. The van der Waals surface area contributed by atoms with Crippen molar-refractivity contribution in [3.05, 3.63) is 60.2 Å². The number of nitrogen functional groups attached to an aromatic ring is 1. The monoisotopic (exact) mass is 284 g/mol. The van der Waals surface area contributed by atoms with Crippen molar-refractivity contribution in [3.8, 4) is 0 Å². The highest BCUT2D eigenvalue weighted by atomic mass is 32.1. The van der Waals surface area contributed by atoms with Gasteiger partial charge in [-0.05, 0) is 49.0 Å². The minimum Gasteiger partial charge on any atom is -0.399 e. The normalized spacial score (nSPS) is 10.9. The molecule has 0 aliphatic carbocycles. The lowest BCUT2D eigenvalue weighted by Gasteiger charge is -2.08. The zero-order valence-electron chi connectivity index (χ0n) is 11.1. The Morgan fingerprint density at radius 2 is 1.85 bits per heavy atom. The molecule has 0 saturated heterocycles. The Bertz CT molecular complexity index is 623. The molecule has 5 heteroatoms. The maximum atomic E-state index is 5.74. The van der Waals surface area contributed by atoms with Crippen LogP contribution >= 0.6 is 12.2 Å². The average molecular weight is 284 g/mol. The Balaban J connectivity index is 1.97. The van der Waals surface area contributed by atoms with E-state index in [2.05, 4.69) is 15.8 Å². The van der Waals surface area contributed by atoms with E-state index in [0.717, 1.165) is 17.0 Å². The minimum atomic E-state index is 0.444. The van der Waals surface area contributed by atoms with Crippen LogP contribution in [0.25, 0.3) is 0 Å². The topological polar surface area (TPSA) is 62.4 Å². The van der Waals surface area contributed by atoms with Crippen molar-refractivity contribution in [2.45, 2.75) is 6.92 Å². The molecule has 0 bridgehead atoms. The van der Waals surface area contributed by atoms with Gasteiger partial charge in [-0.15, -0.1) is 0 Å². The van der Waals surface area contributed by atoms with Crippen LogP contribution in [0.15, 0.2) is 59.7 Å². The summed E-state index contributed by atoms with van der Waals surface area (Å²) in [5, 5.41) is 7.73. The predicted molar refractivity (Wildman–Crippen MR) is 88.9 cm³/mol. The summed E-state index contributed by atoms with van der Waals surface area (Å²) in [6.07, 6.45) is 0. The van der Waals surface area contributed by atoms with E-state index < -0.39 is 0 Å². The lowest BCUT2D eigenvalue weighted by Crippen LogP contribution is -2.24. The molecular formula is C15H16N4S. The molecular weight excluding hydrogens is 268 g/mol. The van der Waals surface area contributed by atoms with Crippen LogP contribution in [0.5, 0.6) is 0 Å². The fourth-order valence-electron chi connectivity index (χ4n) is 1.64. The Morgan fingerprint density at radius 1 is 1.10 bits per heavy atom. The maximum Gasteiger partial charge on any atom is 0.191 e. The number of nitrogens with zero attached hydrogens (tertiary/aromatic N) is 1. The maximum absolute atomic E-state index is 5.74. The molecule has 4 nitrogen and oxygen atoms in total. The Labute approximate surface area is 123 Å². The first kappa shape index (κ1) is 14.0. The quantitative estimate of drug-likeness (QED) is 0.351. The number of para-hydroxylation sites is 1. The van der Waals surface area contributed by atoms with Gasteiger partial charge in [-0.2, -0.15) is 5.10 Å². The van der Waals surface area contributed by atoms with Gasteiger partial charge in [0.2, 0.25) is 0 Å². The molecule has 0 aromatic heterocycles. The van der Waals surface area contributed by atoms with E-state index in [4.69, 9.17) is 18.0 Å². The van der Waals surface area contributed by atoms with Crippen molar-refractivity contribution in [2.24, 2.45) is 5.10 Å². The number of anilines is 2. The van der Waals surface area contributed by atoms with Crippen LogP contribution in [0.4, 0.5) is 11.4 Å². The highest BCUT2D eigenvalue weighted by Crippen LogP contribution is 2.08. The zero-order chi connectivity index (χ0) is 14.4. The third kappa shape index (κ3) is 4.07. The molecule has 20 heavy (non-hydrogen) atoms. The zero-order valence-corrected chi connectivity index (χ0v) is 11.9. The fourth-order valence-corrected chi connectivity index (χ4v) is 1.81. The van der Waals surface area contributed by atoms with E-state index in [1.54, 1.807) is 0 Å². The smallest absolute Gasteiger partial charge is 0.191 e. The highest BCUT2D eigenvalue weighted by Gasteiger charge is 1.99. The molecule has 4 N–H and O–H groups in total. The molecule has 102 valence electrons. The molecule has 0 fully saturated rings. The third-order valence-corrected chi connectivity index (χ3v) is 2.85. The summed E-state index contributed by atoms with van der Waals surface area (Å²) >= 11 is 5.18. The van der Waals surface area contributed by atoms with Gasteiger partial charge in [0.15, 0.2) is 5.11 Å². The van der Waals surface area contributed by atoms with Gasteiger partial charge in [-0.25, -0.2) is 0 Å². The molecule has 2 rings (SSSR count). The van der Waals surface area contributed by atoms with Gasteiger partial charge in [0.25, 0.3) is 0 Å². The van der Waals surface area contributed by atoms with Crippen LogP contribution in [0.2, 0.25) is 0 Å². The Morgan fingerprint density at radius 3 is 2.55 bits per heavy atom. The molecule has 0 heterocycles. The van der Waals surface area contributed by atoms with E-state index >= 15 is 0 Å². The summed E-state index contributed by atoms with van der Waals surface area (Å²) < 4.78 is 0. The summed E-state index contributed by atoms with van der Waals surface area (Å²) in [5.74, 6) is 0. The highest BCUT2D eigenvalue weighted by molar-refractivity contribution is 7.80. The number of thiocarbonyl (C=S) groups is 1. The van der Waals surface area contributed by atoms with Crippen LogP contribution in [-0.4, -0.2) is 10.8 Å². The number of rotatable bonds is 3. The van der Waals surface area contributed by atoms with Gasteiger partial charge in [0.1, 0.15) is 0 Å². The van der Waals surface area contributed by atoms with Gasteiger partial charge in [0, 0.05) is 11.4 Å². The van der Waals surface area contributed by atoms with Gasteiger partial charge in [-0.1, -0.05) is 30.3 Å². The minimum absolute atomic E-state index is 0.444. The molecule has 0 atom stereocenters. The SMILES string of the molecule is C/C(=N\NC(=S)Nc1ccccc1)c1cccc(N)c1. The Kier molecular flexibility index (Phi) is 4.68. The van der Waals surface area contributed by atoms with E-state index in [9.17, 15) is 0 Å². The standard InChI is InChI=1S/C15H16N4S/c1-11(12-6-5-7-13(16)10-12)18-19-15(20)17-14-8-3-2-4-9-14/h2-10H,16H2,1H3,(H2,17,19,20)/b18-11+. The second-order valence-electron chi connectivity index (χ2n) is 4.25. The number of nitrogens with one attached hydrogen (secondary N) is 2. The molecule has 0 aliphatic heterocycles. The first-order valence-corrected chi connectivity index (χ1v) is 6.58. The average Bonchev–Trinajstić information content (AvgIpc) is 2.46. The first-order valence-electron chi connectivity index (χ1n) is 6.17. The number of hydrogen-bond donors (Lipinski definition) is 3. The van der Waals surface area contributed by atoms with Crippen molar-refractivity contribution < 1.29 is 0 Å². The number of nitrogens with two attached hydrogens (primary N) is 1. The van der Waals surface area contributed by atoms with E-state index in [1.165, 1.54) is 0 Å². The van der Waals surface area contributed by atoms with E-state index in [1.807, 2.05) is 61.5 Å². The van der Waals surface area contributed by atoms with E-state index in [0.29, 0.717) is 10.8 Å². The van der Waals surface area contributed by atoms with Crippen molar-refractivity contribution in [1.29, 1.82) is 0 Å². The molecule has 0 aliphatic rings. The summed E-state index contributed by atoms with van der Waals surface area (Å²) in [5.41, 5.74) is 12.0. The van der Waals surface area contributed by atoms with Crippen molar-refractivity contribution >= 4 is 34.4 Å². The van der Waals surface area contributed by atoms with Crippen LogP contribution in [0, 0.1) is 0 Å². The van der Waals surface area contributed by atoms with E-state index in [-0.39, 0.29) is 0 Å². The second-order valence-corrected chi connectivity index (χ2v) is 4.66. The lowest BCUT2D eigenvalue weighted by molar-refractivity contribution is 1.04. The van der Waals surface area contributed by atoms with Gasteiger partial charge in [-0.3, -0.25) is 5.43 Å². The van der Waals surface area contributed by atoms with Crippen molar-refractivity contribution in [3.63, 3.8) is 0 Å². The predicted octanol–water partition coefficient (Wildman–Crippen LogP) is 2.98. The molecule has 0 amide bonds. The first-order chi connectivity index (χ1) is 9.65. The van der Waals surface area contributed by atoms with Crippen molar-refractivity contribution in [2.75, 3.05) is 11.1 Å². The van der Waals surface area contributed by atoms with Gasteiger partial charge >= 0.3 is 0 Å². The fraction of sp³-hybridized carbons (Fsp3) is 0.0667. The number of benzene rings is 2. The molecule has 0 saturated carbocycles. The molecule has 0 unspecified atom stereocenters. The lowest BCUT2D eigenvalue weighted by atomic mass is 10.1. The summed E-state index contributed by atoms with van der Waals surface area (Å²) in [4.78, 5) is 0. The van der Waals surface area contributed by atoms with Crippen LogP contribution in [-0.2, 0) is 0 Å². The van der Waals surface area contributed by atoms with Gasteiger partial charge in [0.05, 0.1) is 5.71 Å². The second kappa shape index (κ2) is 6.68. The van der Waals surface area contributed by atoms with Crippen LogP contribution < -0.4 is 16.5 Å².